The van der Waals surface area contributed by atoms with Crippen LogP contribution in [0.4, 0.5) is 5.69 Å². The summed E-state index contributed by atoms with van der Waals surface area (Å²) in [5.41, 5.74) is 3.58. The zero-order valence-electron chi connectivity index (χ0n) is 19.2. The summed E-state index contributed by atoms with van der Waals surface area (Å²) in [6.07, 6.45) is 1.06. The van der Waals surface area contributed by atoms with Crippen molar-refractivity contribution < 1.29 is 23.5 Å². The zero-order valence-corrected chi connectivity index (χ0v) is 19.2. The molecule has 1 saturated heterocycles. The number of hydrogen-bond donors (Lipinski definition) is 0. The molecule has 1 aromatic carbocycles. The first-order valence-corrected chi connectivity index (χ1v) is 10.4. The predicted molar refractivity (Wildman–Crippen MR) is 123 cm³/mol. The lowest BCUT2D eigenvalue weighted by Crippen LogP contribution is -2.29. The highest BCUT2D eigenvalue weighted by Crippen LogP contribution is 2.41. The van der Waals surface area contributed by atoms with Crippen LogP contribution in [0.1, 0.15) is 44.8 Å². The van der Waals surface area contributed by atoms with E-state index in [0.29, 0.717) is 28.3 Å². The third-order valence-electron chi connectivity index (χ3n) is 5.24. The van der Waals surface area contributed by atoms with Crippen molar-refractivity contribution in [2.45, 2.75) is 41.5 Å². The van der Waals surface area contributed by atoms with Gasteiger partial charge >= 0.3 is 5.97 Å². The Labute approximate surface area is 187 Å². The van der Waals surface area contributed by atoms with E-state index >= 15 is 0 Å². The maximum Gasteiger partial charge on any atom is 0.335 e. The van der Waals surface area contributed by atoms with E-state index in [1.54, 1.807) is 12.1 Å². The van der Waals surface area contributed by atoms with Gasteiger partial charge in [0.1, 0.15) is 17.3 Å². The number of esters is 1. The van der Waals surface area contributed by atoms with E-state index in [1.807, 2.05) is 47.6 Å². The minimum absolute atomic E-state index is 0.0209. The fourth-order valence-corrected chi connectivity index (χ4v) is 3.93. The Hall–Kier alpha value is -3.67. The molecule has 6 nitrogen and oxygen atoms in total. The quantitative estimate of drug-likeness (QED) is 0.276. The number of furan rings is 1. The molecule has 0 atom stereocenters. The van der Waals surface area contributed by atoms with Gasteiger partial charge < -0.3 is 9.15 Å². The van der Waals surface area contributed by atoms with Crippen LogP contribution in [0, 0.1) is 19.8 Å². The van der Waals surface area contributed by atoms with Gasteiger partial charge in [-0.1, -0.05) is 26.0 Å². The summed E-state index contributed by atoms with van der Waals surface area (Å²) in [6, 6.07) is 8.14. The van der Waals surface area contributed by atoms with E-state index in [-0.39, 0.29) is 17.7 Å². The standard InChI is InChI=1S/C26H27NO5/c1-8-21(28)32-19-11-9-18(10-12-19)27-25(29)23(15(4)5)24(26(27)30)22(14(2)3)20-13-16(6)31-17(20)7/h8-14H,1H2,2-7H3. The van der Waals surface area contributed by atoms with Gasteiger partial charge in [0.25, 0.3) is 11.8 Å². The third-order valence-corrected chi connectivity index (χ3v) is 5.24. The average Bonchev–Trinajstić information content (AvgIpc) is 3.18. The van der Waals surface area contributed by atoms with Gasteiger partial charge in [-0.05, 0) is 69.5 Å². The van der Waals surface area contributed by atoms with E-state index in [4.69, 9.17) is 9.15 Å². The van der Waals surface area contributed by atoms with Gasteiger partial charge in [0, 0.05) is 11.6 Å². The normalized spacial score (nSPS) is 15.5. The van der Waals surface area contributed by atoms with E-state index in [2.05, 4.69) is 6.58 Å². The second-order valence-corrected chi connectivity index (χ2v) is 8.21. The Morgan fingerprint density at radius 2 is 1.66 bits per heavy atom. The minimum Gasteiger partial charge on any atom is -0.466 e. The molecule has 0 saturated carbocycles. The number of imide groups is 1. The van der Waals surface area contributed by atoms with E-state index < -0.39 is 5.97 Å². The molecule has 0 unspecified atom stereocenters. The van der Waals surface area contributed by atoms with Crippen molar-refractivity contribution in [3.05, 3.63) is 76.8 Å². The molecule has 2 aromatic rings. The number of anilines is 1. The Morgan fingerprint density at radius 3 is 2.12 bits per heavy atom. The first-order valence-electron chi connectivity index (χ1n) is 10.4. The topological polar surface area (TPSA) is 76.8 Å². The molecular weight excluding hydrogens is 406 g/mol. The fraction of sp³-hybridized carbons (Fsp3) is 0.269. The molecule has 32 heavy (non-hydrogen) atoms. The second kappa shape index (κ2) is 8.83. The number of carbonyl (C=O) groups is 3. The van der Waals surface area contributed by atoms with Gasteiger partial charge in [-0.3, -0.25) is 9.59 Å². The largest absolute Gasteiger partial charge is 0.466 e. The summed E-state index contributed by atoms with van der Waals surface area (Å²) in [5, 5.41) is 0. The molecule has 1 aliphatic rings. The molecule has 0 radical (unpaired) electrons. The maximum absolute atomic E-state index is 13.7. The number of carbonyl (C=O) groups excluding carboxylic acids is 3. The van der Waals surface area contributed by atoms with E-state index in [0.717, 1.165) is 28.5 Å². The zero-order chi connectivity index (χ0) is 23.7. The van der Waals surface area contributed by atoms with Crippen molar-refractivity contribution in [2.75, 3.05) is 4.90 Å². The van der Waals surface area contributed by atoms with Crippen LogP contribution in [-0.2, 0) is 14.4 Å². The Bertz CT molecular complexity index is 1170. The monoisotopic (exact) mass is 433 g/mol. The van der Waals surface area contributed by atoms with Gasteiger partial charge in [-0.25, -0.2) is 9.69 Å². The first kappa shape index (κ1) is 23.0. The molecule has 3 rings (SSSR count). The van der Waals surface area contributed by atoms with Gasteiger partial charge in [0.15, 0.2) is 0 Å². The molecule has 2 heterocycles. The molecular formula is C26H27NO5. The summed E-state index contributed by atoms with van der Waals surface area (Å²) in [7, 11) is 0. The first-order chi connectivity index (χ1) is 15.1. The van der Waals surface area contributed by atoms with Crippen molar-refractivity contribution in [2.24, 2.45) is 5.92 Å². The smallest absolute Gasteiger partial charge is 0.335 e. The Morgan fingerprint density at radius 1 is 1.06 bits per heavy atom. The van der Waals surface area contributed by atoms with Crippen LogP contribution in [0.5, 0.6) is 5.75 Å². The molecule has 0 N–H and O–H groups in total. The van der Waals surface area contributed by atoms with Crippen LogP contribution in [0.2, 0.25) is 0 Å². The summed E-state index contributed by atoms with van der Waals surface area (Å²) >= 11 is 0. The van der Waals surface area contributed by atoms with Crippen molar-refractivity contribution in [3.8, 4) is 5.75 Å². The molecule has 1 aromatic heterocycles. The van der Waals surface area contributed by atoms with Gasteiger partial charge in [0.05, 0.1) is 16.8 Å². The van der Waals surface area contributed by atoms with Crippen molar-refractivity contribution in [1.29, 1.82) is 0 Å². The average molecular weight is 434 g/mol. The predicted octanol–water partition coefficient (Wildman–Crippen LogP) is 5.31. The van der Waals surface area contributed by atoms with Crippen LogP contribution in [0.25, 0.3) is 5.57 Å². The molecule has 0 spiro atoms. The molecule has 0 aliphatic carbocycles. The lowest BCUT2D eigenvalue weighted by atomic mass is 9.87. The lowest BCUT2D eigenvalue weighted by Gasteiger charge is -2.16. The van der Waals surface area contributed by atoms with Crippen molar-refractivity contribution in [3.63, 3.8) is 0 Å². The summed E-state index contributed by atoms with van der Waals surface area (Å²) < 4.78 is 10.8. The number of hydrogen-bond acceptors (Lipinski definition) is 5. The number of aryl methyl sites for hydroxylation is 2. The number of amides is 2. The molecule has 166 valence electrons. The highest BCUT2D eigenvalue weighted by atomic mass is 16.5. The molecule has 2 amide bonds. The highest BCUT2D eigenvalue weighted by molar-refractivity contribution is 6.39. The third kappa shape index (κ3) is 4.08. The number of benzene rings is 1. The van der Waals surface area contributed by atoms with E-state index in [9.17, 15) is 14.4 Å². The van der Waals surface area contributed by atoms with Crippen molar-refractivity contribution >= 4 is 29.0 Å². The summed E-state index contributed by atoms with van der Waals surface area (Å²) in [5.74, 6) is 0.374. The fourth-order valence-electron chi connectivity index (χ4n) is 3.93. The van der Waals surface area contributed by atoms with Crippen LogP contribution in [0.3, 0.4) is 0 Å². The van der Waals surface area contributed by atoms with Gasteiger partial charge in [-0.2, -0.15) is 0 Å². The van der Waals surface area contributed by atoms with Gasteiger partial charge in [0.2, 0.25) is 0 Å². The number of ether oxygens (including phenoxy) is 1. The Balaban J connectivity index is 2.16. The summed E-state index contributed by atoms with van der Waals surface area (Å²) in [4.78, 5) is 39.7. The molecule has 0 bridgehead atoms. The van der Waals surface area contributed by atoms with Crippen LogP contribution < -0.4 is 9.64 Å². The second-order valence-electron chi connectivity index (χ2n) is 8.21. The Kier molecular flexibility index (Phi) is 6.35. The maximum atomic E-state index is 13.7. The van der Waals surface area contributed by atoms with E-state index in [1.165, 1.54) is 17.0 Å². The lowest BCUT2D eigenvalue weighted by molar-refractivity contribution is -0.129. The van der Waals surface area contributed by atoms with Crippen molar-refractivity contribution in [1.82, 2.24) is 0 Å². The minimum atomic E-state index is -0.588. The molecule has 1 aliphatic heterocycles. The molecule has 6 heteroatoms. The van der Waals surface area contributed by atoms with Gasteiger partial charge in [-0.15, -0.1) is 0 Å². The summed E-state index contributed by atoms with van der Waals surface area (Å²) in [6.45, 7) is 14.7. The van der Waals surface area contributed by atoms with Crippen LogP contribution in [0.15, 0.2) is 64.1 Å². The highest BCUT2D eigenvalue weighted by Gasteiger charge is 2.43. The number of nitrogens with zero attached hydrogens (tertiary/aromatic N) is 1. The molecule has 1 fully saturated rings. The number of allylic oxidation sites excluding steroid dienone is 2. The van der Waals surface area contributed by atoms with Crippen LogP contribution >= 0.6 is 0 Å². The number of rotatable bonds is 5. The van der Waals surface area contributed by atoms with Crippen LogP contribution in [-0.4, -0.2) is 17.8 Å². The SMILES string of the molecule is C=CC(=O)Oc1ccc(N2C(=O)C(=C(C)C)C(=C(c3cc(C)oc3C)C(C)C)C2=O)cc1.